The maximum absolute atomic E-state index is 14.0. The smallest absolute Gasteiger partial charge is 0.294 e. The molecule has 0 aliphatic rings. The van der Waals surface area contributed by atoms with Crippen molar-refractivity contribution in [2.24, 2.45) is 0 Å². The third-order valence-corrected chi connectivity index (χ3v) is 6.27. The van der Waals surface area contributed by atoms with E-state index >= 15 is 0 Å². The second kappa shape index (κ2) is 10.6. The summed E-state index contributed by atoms with van der Waals surface area (Å²) in [5, 5.41) is 9.32. The molecular formula is C23H25FN2O6S. The van der Waals surface area contributed by atoms with E-state index in [9.17, 15) is 22.9 Å². The Morgan fingerprint density at radius 2 is 1.79 bits per heavy atom. The average Bonchev–Trinajstić information content (AvgIpc) is 3.08. The molecule has 0 N–H and O–H groups in total. The molecule has 3 rings (SSSR count). The number of rotatable bonds is 11. The van der Waals surface area contributed by atoms with Crippen LogP contribution in [0.2, 0.25) is 0 Å². The van der Waals surface area contributed by atoms with Crippen LogP contribution in [0.4, 0.5) is 4.39 Å². The first-order valence-corrected chi connectivity index (χ1v) is 12.2. The van der Waals surface area contributed by atoms with E-state index < -0.39 is 14.9 Å². The summed E-state index contributed by atoms with van der Waals surface area (Å²) >= 11 is 0. The largest absolute Gasteiger partial charge is 0.381 e. The van der Waals surface area contributed by atoms with Crippen LogP contribution in [0, 0.1) is 22.9 Å². The van der Waals surface area contributed by atoms with E-state index in [-0.39, 0.29) is 17.3 Å². The van der Waals surface area contributed by atoms with Crippen LogP contribution in [0.15, 0.2) is 59.5 Å². The number of hydrogen-bond donors (Lipinski definition) is 0. The number of nitrogens with zero attached hydrogens (tertiary/aromatic N) is 2. The van der Waals surface area contributed by atoms with Crippen LogP contribution in [-0.2, 0) is 25.8 Å². The third-order valence-electron chi connectivity index (χ3n) is 5.14. The van der Waals surface area contributed by atoms with Gasteiger partial charge in [0.2, 0.25) is 0 Å². The highest BCUT2D eigenvalue weighted by Gasteiger charge is 2.16. The van der Waals surface area contributed by atoms with Crippen LogP contribution in [0.25, 0.3) is 16.9 Å². The van der Waals surface area contributed by atoms with Crippen LogP contribution in [-0.4, -0.2) is 44.1 Å². The van der Waals surface area contributed by atoms with Crippen LogP contribution in [0.3, 0.4) is 0 Å². The lowest BCUT2D eigenvalue weighted by atomic mass is 10.1. The number of aromatic nitrogens is 1. The molecule has 0 radical (unpaired) electrons. The molecule has 8 nitrogen and oxygen atoms in total. The van der Waals surface area contributed by atoms with Crippen molar-refractivity contribution in [3.05, 3.63) is 81.8 Å². The number of ether oxygens (including phenoxy) is 1. The standard InChI is InChI=1S/C23H25FN2O6S/c1-17-19(11-14-31-12-4-13-32-26(27)28)15-23(25(17)21-6-3-5-20(24)16-21)18-7-9-22(10-8-18)33(2,29)30/h3,5-10,15-16H,4,11-14H2,1-2H3. The van der Waals surface area contributed by atoms with Crippen molar-refractivity contribution in [2.75, 3.05) is 26.1 Å². The number of benzene rings is 2. The van der Waals surface area contributed by atoms with Gasteiger partial charge >= 0.3 is 0 Å². The SMILES string of the molecule is Cc1c(CCOCCCO[N+](=O)[O-])cc(-c2ccc(S(C)(=O)=O)cc2)n1-c1cccc(F)c1. The van der Waals surface area contributed by atoms with Crippen LogP contribution >= 0.6 is 0 Å². The topological polar surface area (TPSA) is 101 Å². The molecule has 3 aromatic rings. The van der Waals surface area contributed by atoms with E-state index in [2.05, 4.69) is 4.84 Å². The van der Waals surface area contributed by atoms with Crippen molar-refractivity contribution in [2.45, 2.75) is 24.7 Å². The third kappa shape index (κ3) is 6.39. The molecular weight excluding hydrogens is 451 g/mol. The Hall–Kier alpha value is -3.24. The molecule has 0 aliphatic carbocycles. The van der Waals surface area contributed by atoms with Crippen molar-refractivity contribution >= 4 is 9.84 Å². The lowest BCUT2D eigenvalue weighted by molar-refractivity contribution is -0.757. The van der Waals surface area contributed by atoms with E-state index in [0.717, 1.165) is 28.8 Å². The minimum Gasteiger partial charge on any atom is -0.381 e. The van der Waals surface area contributed by atoms with Gasteiger partial charge in [-0.1, -0.05) is 18.2 Å². The first kappa shape index (κ1) is 24.4. The second-order valence-electron chi connectivity index (χ2n) is 7.52. The molecule has 0 spiro atoms. The molecule has 10 heteroatoms. The van der Waals surface area contributed by atoms with Gasteiger partial charge in [-0.2, -0.15) is 0 Å². The zero-order chi connectivity index (χ0) is 24.0. The Balaban J connectivity index is 1.85. The van der Waals surface area contributed by atoms with E-state index in [0.29, 0.717) is 31.7 Å². The molecule has 0 unspecified atom stereocenters. The zero-order valence-corrected chi connectivity index (χ0v) is 19.2. The van der Waals surface area contributed by atoms with Gasteiger partial charge in [-0.3, -0.25) is 0 Å². The van der Waals surface area contributed by atoms with Gasteiger partial charge in [-0.15, -0.1) is 10.1 Å². The predicted molar refractivity (Wildman–Crippen MR) is 121 cm³/mol. The van der Waals surface area contributed by atoms with E-state index in [1.54, 1.807) is 36.4 Å². The summed E-state index contributed by atoms with van der Waals surface area (Å²) < 4.78 is 45.1. The molecule has 0 saturated carbocycles. The molecule has 33 heavy (non-hydrogen) atoms. The quantitative estimate of drug-likeness (QED) is 0.234. The Morgan fingerprint density at radius 1 is 1.06 bits per heavy atom. The average molecular weight is 477 g/mol. The Morgan fingerprint density at radius 3 is 2.42 bits per heavy atom. The highest BCUT2D eigenvalue weighted by molar-refractivity contribution is 7.90. The van der Waals surface area contributed by atoms with Crippen LogP contribution in [0.1, 0.15) is 17.7 Å². The molecule has 0 aliphatic heterocycles. The lowest BCUT2D eigenvalue weighted by Gasteiger charge is -2.13. The first-order chi connectivity index (χ1) is 15.7. The summed E-state index contributed by atoms with van der Waals surface area (Å²) in [7, 11) is -3.32. The molecule has 0 fully saturated rings. The van der Waals surface area contributed by atoms with Gasteiger partial charge < -0.3 is 14.1 Å². The summed E-state index contributed by atoms with van der Waals surface area (Å²) in [6.45, 7) is 2.64. The molecule has 1 heterocycles. The van der Waals surface area contributed by atoms with Crippen molar-refractivity contribution in [1.82, 2.24) is 4.57 Å². The maximum atomic E-state index is 14.0. The molecule has 0 saturated heterocycles. The minimum absolute atomic E-state index is 0.0183. The van der Waals surface area contributed by atoms with E-state index in [4.69, 9.17) is 4.74 Å². The Bertz CT molecular complexity index is 1220. The van der Waals surface area contributed by atoms with Gasteiger partial charge in [-0.25, -0.2) is 12.8 Å². The minimum atomic E-state index is -3.32. The fraction of sp³-hybridized carbons (Fsp3) is 0.304. The number of hydrogen-bond acceptors (Lipinski definition) is 6. The molecule has 176 valence electrons. The van der Waals surface area contributed by atoms with Crippen molar-refractivity contribution < 1.29 is 27.5 Å². The van der Waals surface area contributed by atoms with E-state index in [1.165, 1.54) is 12.1 Å². The highest BCUT2D eigenvalue weighted by Crippen LogP contribution is 2.31. The normalized spacial score (nSPS) is 11.5. The molecule has 0 amide bonds. The molecule has 0 bridgehead atoms. The Kier molecular flexibility index (Phi) is 7.83. The van der Waals surface area contributed by atoms with Gasteiger partial charge in [0.15, 0.2) is 9.84 Å². The fourth-order valence-corrected chi connectivity index (χ4v) is 4.16. The summed E-state index contributed by atoms with van der Waals surface area (Å²) in [5.74, 6) is -0.360. The Labute approximate surface area is 191 Å². The first-order valence-electron chi connectivity index (χ1n) is 10.3. The van der Waals surface area contributed by atoms with Crippen molar-refractivity contribution in [1.29, 1.82) is 0 Å². The highest BCUT2D eigenvalue weighted by atomic mass is 32.2. The maximum Gasteiger partial charge on any atom is 0.294 e. The number of halogens is 1. The van der Waals surface area contributed by atoms with Crippen molar-refractivity contribution in [3.8, 4) is 16.9 Å². The van der Waals surface area contributed by atoms with Gasteiger partial charge in [0.25, 0.3) is 5.09 Å². The van der Waals surface area contributed by atoms with Gasteiger partial charge in [0.05, 0.1) is 23.8 Å². The summed E-state index contributed by atoms with van der Waals surface area (Å²) in [4.78, 5) is 14.6. The predicted octanol–water partition coefficient (Wildman–Crippen LogP) is 4.15. The fourth-order valence-electron chi connectivity index (χ4n) is 3.53. The van der Waals surface area contributed by atoms with Crippen LogP contribution in [0.5, 0.6) is 0 Å². The number of sulfone groups is 1. The molecule has 0 atom stereocenters. The summed E-state index contributed by atoms with van der Waals surface area (Å²) in [6.07, 6.45) is 2.14. The van der Waals surface area contributed by atoms with E-state index in [1.807, 2.05) is 17.6 Å². The van der Waals surface area contributed by atoms with Gasteiger partial charge in [0.1, 0.15) is 5.82 Å². The molecule has 2 aromatic carbocycles. The monoisotopic (exact) mass is 476 g/mol. The van der Waals surface area contributed by atoms with Gasteiger partial charge in [0, 0.05) is 24.2 Å². The van der Waals surface area contributed by atoms with Crippen LogP contribution < -0.4 is 0 Å². The molecule has 1 aromatic heterocycles. The second-order valence-corrected chi connectivity index (χ2v) is 9.54. The summed E-state index contributed by atoms with van der Waals surface area (Å²) in [6, 6.07) is 14.8. The van der Waals surface area contributed by atoms with Crippen molar-refractivity contribution in [3.63, 3.8) is 0 Å². The van der Waals surface area contributed by atoms with Gasteiger partial charge in [-0.05, 0) is 67.3 Å². The zero-order valence-electron chi connectivity index (χ0n) is 18.4. The lowest BCUT2D eigenvalue weighted by Crippen LogP contribution is -2.07. The summed E-state index contributed by atoms with van der Waals surface area (Å²) in [5.41, 5.74) is 4.14.